The van der Waals surface area contributed by atoms with Gasteiger partial charge in [0.2, 0.25) is 5.91 Å². The highest BCUT2D eigenvalue weighted by Gasteiger charge is 2.14. The van der Waals surface area contributed by atoms with Crippen molar-refractivity contribution in [1.29, 1.82) is 0 Å². The van der Waals surface area contributed by atoms with Gasteiger partial charge in [-0.3, -0.25) is 4.79 Å². The lowest BCUT2D eigenvalue weighted by molar-refractivity contribution is -0.116. The fourth-order valence-corrected chi connectivity index (χ4v) is 2.52. The molecule has 0 spiro atoms. The summed E-state index contributed by atoms with van der Waals surface area (Å²) in [5.74, 6) is 0.170. The molecule has 3 amide bonds. The smallest absolute Gasteiger partial charge is 0.319 e. The molecule has 154 valence electrons. The number of hydrogen-bond acceptors (Lipinski definition) is 4. The quantitative estimate of drug-likeness (QED) is 0.538. The molecule has 0 aliphatic rings. The molecule has 3 aromatic rings. The molecule has 0 aliphatic heterocycles. The molecular weight excluding hydrogens is 387 g/mol. The average molecular weight is 408 g/mol. The normalized spacial score (nSPS) is 10.2. The van der Waals surface area contributed by atoms with E-state index in [1.165, 1.54) is 12.1 Å². The number of urea groups is 1. The number of aryl methyl sites for hydroxylation is 1. The number of benzene rings is 2. The monoisotopic (exact) mass is 408 g/mol. The lowest BCUT2D eigenvalue weighted by Gasteiger charge is -2.13. The summed E-state index contributed by atoms with van der Waals surface area (Å²) < 4.78 is 19.9. The van der Waals surface area contributed by atoms with E-state index < -0.39 is 11.8 Å². The van der Waals surface area contributed by atoms with Crippen LogP contribution in [-0.4, -0.2) is 23.5 Å². The number of carbonyl (C=O) groups is 2. The van der Waals surface area contributed by atoms with Crippen LogP contribution < -0.4 is 20.7 Å². The summed E-state index contributed by atoms with van der Waals surface area (Å²) in [6.07, 6.45) is 1.68. The Hall–Kier alpha value is -3.94. The zero-order valence-corrected chi connectivity index (χ0v) is 16.3. The molecule has 0 bridgehead atoms. The van der Waals surface area contributed by atoms with E-state index in [-0.39, 0.29) is 30.3 Å². The molecule has 30 heavy (non-hydrogen) atoms. The van der Waals surface area contributed by atoms with Gasteiger partial charge in [-0.25, -0.2) is 14.2 Å². The van der Waals surface area contributed by atoms with Gasteiger partial charge >= 0.3 is 6.03 Å². The molecule has 0 aliphatic carbocycles. The van der Waals surface area contributed by atoms with Crippen LogP contribution >= 0.6 is 0 Å². The number of aromatic nitrogens is 1. The number of nitrogens with zero attached hydrogens (tertiary/aromatic N) is 1. The summed E-state index contributed by atoms with van der Waals surface area (Å²) in [6.45, 7) is 1.96. The van der Waals surface area contributed by atoms with Gasteiger partial charge in [0.1, 0.15) is 17.3 Å². The van der Waals surface area contributed by atoms with Gasteiger partial charge in [0.05, 0.1) is 0 Å². The van der Waals surface area contributed by atoms with Crippen molar-refractivity contribution < 1.29 is 18.7 Å². The van der Waals surface area contributed by atoms with Gasteiger partial charge in [0.25, 0.3) is 0 Å². The Morgan fingerprint density at radius 2 is 1.80 bits per heavy atom. The maximum atomic E-state index is 14.2. The summed E-state index contributed by atoms with van der Waals surface area (Å²) in [6, 6.07) is 16.0. The molecule has 0 radical (unpaired) electrons. The molecule has 7 nitrogen and oxygen atoms in total. The van der Waals surface area contributed by atoms with Crippen LogP contribution in [0.4, 0.5) is 20.7 Å². The summed E-state index contributed by atoms with van der Waals surface area (Å²) in [4.78, 5) is 28.2. The van der Waals surface area contributed by atoms with Crippen LogP contribution in [0.3, 0.4) is 0 Å². The highest BCUT2D eigenvalue weighted by Crippen LogP contribution is 2.31. The predicted octanol–water partition coefficient (Wildman–Crippen LogP) is 4.47. The third kappa shape index (κ3) is 6.03. The Bertz CT molecular complexity index is 1010. The first-order valence-electron chi connectivity index (χ1n) is 9.30. The third-order valence-corrected chi connectivity index (χ3v) is 4.00. The van der Waals surface area contributed by atoms with Crippen LogP contribution in [-0.2, 0) is 4.79 Å². The Morgan fingerprint density at radius 3 is 2.53 bits per heavy atom. The van der Waals surface area contributed by atoms with E-state index in [4.69, 9.17) is 4.74 Å². The number of ether oxygens (including phenoxy) is 1. The molecule has 1 heterocycles. The van der Waals surface area contributed by atoms with Crippen molar-refractivity contribution in [3.63, 3.8) is 0 Å². The van der Waals surface area contributed by atoms with Crippen LogP contribution in [0.5, 0.6) is 11.5 Å². The average Bonchev–Trinajstić information content (AvgIpc) is 2.73. The second kappa shape index (κ2) is 10.0. The van der Waals surface area contributed by atoms with E-state index in [2.05, 4.69) is 20.9 Å². The van der Waals surface area contributed by atoms with Crippen molar-refractivity contribution in [2.75, 3.05) is 17.2 Å². The third-order valence-electron chi connectivity index (χ3n) is 4.00. The van der Waals surface area contributed by atoms with Crippen molar-refractivity contribution >= 4 is 23.4 Å². The maximum absolute atomic E-state index is 14.2. The molecule has 2 aromatic carbocycles. The van der Waals surface area contributed by atoms with Gasteiger partial charge in [-0.1, -0.05) is 30.3 Å². The largest absolute Gasteiger partial charge is 0.455 e. The van der Waals surface area contributed by atoms with Gasteiger partial charge in [-0.2, -0.15) is 0 Å². The maximum Gasteiger partial charge on any atom is 0.319 e. The van der Waals surface area contributed by atoms with Crippen LogP contribution in [0, 0.1) is 12.7 Å². The Morgan fingerprint density at radius 1 is 1.00 bits per heavy atom. The molecular formula is C22H21FN4O3. The molecule has 0 unspecified atom stereocenters. The summed E-state index contributed by atoms with van der Waals surface area (Å²) in [5.41, 5.74) is 0.891. The minimum absolute atomic E-state index is 0.0353. The standard InChI is InChI=1S/C22H21FN4O3/c1-15-10-11-19(25-14-15)26-20(28)12-13-24-22(29)27-21-17(23)8-5-9-18(21)30-16-6-3-2-4-7-16/h2-11,14H,12-13H2,1H3,(H2,24,27,29)(H,25,26,28). The van der Waals surface area contributed by atoms with Gasteiger partial charge in [-0.05, 0) is 42.8 Å². The number of halogens is 1. The van der Waals surface area contributed by atoms with E-state index in [0.717, 1.165) is 5.56 Å². The summed E-state index contributed by atoms with van der Waals surface area (Å²) in [5, 5.41) is 7.59. The van der Waals surface area contributed by atoms with Crippen LogP contribution in [0.15, 0.2) is 66.9 Å². The SMILES string of the molecule is Cc1ccc(NC(=O)CCNC(=O)Nc2c(F)cccc2Oc2ccccc2)nc1. The van der Waals surface area contributed by atoms with Gasteiger partial charge < -0.3 is 20.7 Å². The van der Waals surface area contributed by atoms with E-state index in [0.29, 0.717) is 11.6 Å². The van der Waals surface area contributed by atoms with E-state index in [1.807, 2.05) is 19.1 Å². The van der Waals surface area contributed by atoms with E-state index >= 15 is 0 Å². The first kappa shape index (κ1) is 20.8. The molecule has 0 atom stereocenters. The number of nitrogens with one attached hydrogen (secondary N) is 3. The van der Waals surface area contributed by atoms with Gasteiger partial charge in [0.15, 0.2) is 11.6 Å². The van der Waals surface area contributed by atoms with Gasteiger partial charge in [-0.15, -0.1) is 0 Å². The number of carbonyl (C=O) groups excluding carboxylic acids is 2. The molecule has 3 N–H and O–H groups in total. The lowest BCUT2D eigenvalue weighted by Crippen LogP contribution is -2.32. The van der Waals surface area contributed by atoms with Crippen molar-refractivity contribution in [1.82, 2.24) is 10.3 Å². The van der Waals surface area contributed by atoms with E-state index in [9.17, 15) is 14.0 Å². The van der Waals surface area contributed by atoms with Crippen molar-refractivity contribution in [3.8, 4) is 11.5 Å². The van der Waals surface area contributed by atoms with Crippen molar-refractivity contribution in [2.24, 2.45) is 0 Å². The van der Waals surface area contributed by atoms with Crippen molar-refractivity contribution in [3.05, 3.63) is 78.2 Å². The number of rotatable bonds is 7. The number of anilines is 2. The number of hydrogen-bond donors (Lipinski definition) is 3. The number of pyridine rings is 1. The highest BCUT2D eigenvalue weighted by atomic mass is 19.1. The molecule has 8 heteroatoms. The topological polar surface area (TPSA) is 92.4 Å². The fraction of sp³-hybridized carbons (Fsp3) is 0.136. The second-order valence-corrected chi connectivity index (χ2v) is 6.43. The molecule has 0 saturated heterocycles. The fourth-order valence-electron chi connectivity index (χ4n) is 2.52. The zero-order chi connectivity index (χ0) is 21.3. The molecule has 1 aromatic heterocycles. The molecule has 0 saturated carbocycles. The van der Waals surface area contributed by atoms with Crippen molar-refractivity contribution in [2.45, 2.75) is 13.3 Å². The Kier molecular flexibility index (Phi) is 6.94. The van der Waals surface area contributed by atoms with Gasteiger partial charge in [0, 0.05) is 19.2 Å². The first-order chi connectivity index (χ1) is 14.5. The summed E-state index contributed by atoms with van der Waals surface area (Å²) in [7, 11) is 0. The lowest BCUT2D eigenvalue weighted by atomic mass is 10.2. The Labute approximate surface area is 173 Å². The molecule has 0 fully saturated rings. The highest BCUT2D eigenvalue weighted by molar-refractivity contribution is 5.92. The minimum atomic E-state index is -0.653. The first-order valence-corrected chi connectivity index (χ1v) is 9.30. The van der Waals surface area contributed by atoms with Crippen LogP contribution in [0.1, 0.15) is 12.0 Å². The number of para-hydroxylation sites is 2. The number of amides is 3. The van der Waals surface area contributed by atoms with Crippen LogP contribution in [0.2, 0.25) is 0 Å². The van der Waals surface area contributed by atoms with Crippen LogP contribution in [0.25, 0.3) is 0 Å². The minimum Gasteiger partial charge on any atom is -0.455 e. The van der Waals surface area contributed by atoms with E-state index in [1.54, 1.807) is 42.6 Å². The zero-order valence-electron chi connectivity index (χ0n) is 16.3. The summed E-state index contributed by atoms with van der Waals surface area (Å²) >= 11 is 0. The Balaban J connectivity index is 1.52. The second-order valence-electron chi connectivity index (χ2n) is 6.43. The predicted molar refractivity (Wildman–Crippen MR) is 112 cm³/mol. The molecule has 3 rings (SSSR count).